The third kappa shape index (κ3) is 4.70. The highest BCUT2D eigenvalue weighted by molar-refractivity contribution is 6.04. The van der Waals surface area contributed by atoms with E-state index in [1.165, 1.54) is 16.5 Å². The molecule has 0 N–H and O–H groups in total. The molecule has 0 amide bonds. The lowest BCUT2D eigenvalue weighted by Crippen LogP contribution is -2.19. The van der Waals surface area contributed by atoms with Crippen molar-refractivity contribution in [2.24, 2.45) is 14.1 Å². The summed E-state index contributed by atoms with van der Waals surface area (Å²) in [5.41, 5.74) is 11.0. The van der Waals surface area contributed by atoms with Gasteiger partial charge in [-0.15, -0.1) is 0 Å². The fourth-order valence-electron chi connectivity index (χ4n) is 6.39. The van der Waals surface area contributed by atoms with Crippen LogP contribution in [-0.4, -0.2) is 19.1 Å². The number of fused-ring (bicyclic) bond motifs is 2. The van der Waals surface area contributed by atoms with Gasteiger partial charge in [0, 0.05) is 30.8 Å². The lowest BCUT2D eigenvalue weighted by molar-refractivity contribution is 0.795. The molecule has 46 heavy (non-hydrogen) atoms. The smallest absolute Gasteiger partial charge is 0.295 e. The first kappa shape index (κ1) is 27.5. The molecule has 2 heterocycles. The standard InChI is InChI=1S/C41H30N4O/c1-44-38-23-20-30(25-39(38)45(2)41(44)46)29-16-11-17-31(24-29)36-26-37(43-40(42-36)28-14-7-4-8-15-28)35-22-21-32(27-12-5-3-6-13-27)33-18-9-10-19-34(33)35/h3-26H,1-2H3. The van der Waals surface area contributed by atoms with Crippen LogP contribution >= 0.6 is 0 Å². The average molecular weight is 595 g/mol. The van der Waals surface area contributed by atoms with Gasteiger partial charge in [-0.25, -0.2) is 14.8 Å². The minimum atomic E-state index is -0.0350. The predicted octanol–water partition coefficient (Wildman–Crippen LogP) is 9.16. The van der Waals surface area contributed by atoms with Crippen LogP contribution < -0.4 is 5.69 Å². The van der Waals surface area contributed by atoms with Crippen LogP contribution in [-0.2, 0) is 14.1 Å². The molecule has 6 aromatic carbocycles. The van der Waals surface area contributed by atoms with Crippen LogP contribution in [0.25, 0.3) is 78.0 Å². The van der Waals surface area contributed by atoms with Crippen molar-refractivity contribution in [2.75, 3.05) is 0 Å². The summed E-state index contributed by atoms with van der Waals surface area (Å²) in [4.78, 5) is 22.8. The molecule has 0 aliphatic carbocycles. The van der Waals surface area contributed by atoms with Crippen LogP contribution in [0.15, 0.2) is 150 Å². The van der Waals surface area contributed by atoms with Gasteiger partial charge < -0.3 is 0 Å². The van der Waals surface area contributed by atoms with E-state index in [0.29, 0.717) is 5.82 Å². The number of hydrogen-bond donors (Lipinski definition) is 0. The zero-order chi connectivity index (χ0) is 31.2. The summed E-state index contributed by atoms with van der Waals surface area (Å²) < 4.78 is 3.37. The molecule has 8 rings (SSSR count). The van der Waals surface area contributed by atoms with Crippen LogP contribution in [0.5, 0.6) is 0 Å². The van der Waals surface area contributed by atoms with Crippen molar-refractivity contribution in [3.05, 3.63) is 156 Å². The Bertz CT molecular complexity index is 2460. The largest absolute Gasteiger partial charge is 0.328 e. The number of aromatic nitrogens is 4. The third-order valence-electron chi connectivity index (χ3n) is 8.81. The Morgan fingerprint density at radius 1 is 0.435 bits per heavy atom. The maximum absolute atomic E-state index is 12.6. The number of imidazole rings is 1. The lowest BCUT2D eigenvalue weighted by atomic mass is 9.93. The number of benzene rings is 6. The molecule has 220 valence electrons. The van der Waals surface area contributed by atoms with Crippen molar-refractivity contribution in [1.82, 2.24) is 19.1 Å². The molecule has 0 saturated heterocycles. The first-order valence-corrected chi connectivity index (χ1v) is 15.3. The van der Waals surface area contributed by atoms with Gasteiger partial charge in [-0.3, -0.25) is 9.13 Å². The van der Waals surface area contributed by atoms with E-state index in [2.05, 4.69) is 115 Å². The molecule has 0 aliphatic heterocycles. The fraction of sp³-hybridized carbons (Fsp3) is 0.0488. The highest BCUT2D eigenvalue weighted by Gasteiger charge is 2.16. The van der Waals surface area contributed by atoms with Gasteiger partial charge >= 0.3 is 5.69 Å². The Morgan fingerprint density at radius 2 is 1.00 bits per heavy atom. The van der Waals surface area contributed by atoms with Gasteiger partial charge in [0.25, 0.3) is 0 Å². The second-order valence-corrected chi connectivity index (χ2v) is 11.6. The fourth-order valence-corrected chi connectivity index (χ4v) is 6.39. The van der Waals surface area contributed by atoms with Gasteiger partial charge in [0.15, 0.2) is 5.82 Å². The van der Waals surface area contributed by atoms with E-state index >= 15 is 0 Å². The van der Waals surface area contributed by atoms with Gasteiger partial charge in [-0.05, 0) is 57.3 Å². The van der Waals surface area contributed by atoms with Gasteiger partial charge in [0.2, 0.25) is 0 Å². The van der Waals surface area contributed by atoms with Crippen LogP contribution in [0, 0.1) is 0 Å². The molecule has 0 unspecified atom stereocenters. The molecule has 0 aliphatic rings. The lowest BCUT2D eigenvalue weighted by Gasteiger charge is -2.14. The molecule has 0 atom stereocenters. The normalized spacial score (nSPS) is 11.3. The van der Waals surface area contributed by atoms with Crippen LogP contribution in [0.3, 0.4) is 0 Å². The molecule has 5 heteroatoms. The summed E-state index contributed by atoms with van der Waals surface area (Å²) in [6, 6.07) is 50.3. The van der Waals surface area contributed by atoms with E-state index in [0.717, 1.165) is 55.6 Å². The van der Waals surface area contributed by atoms with Crippen molar-refractivity contribution in [3.8, 4) is 56.2 Å². The van der Waals surface area contributed by atoms with E-state index in [-0.39, 0.29) is 5.69 Å². The quantitative estimate of drug-likeness (QED) is 0.200. The first-order valence-electron chi connectivity index (χ1n) is 15.3. The summed E-state index contributed by atoms with van der Waals surface area (Å²) in [5.74, 6) is 0.676. The SMILES string of the molecule is Cn1c(=O)n(C)c2cc(-c3cccc(-c4cc(-c5ccc(-c6ccccc6)c6ccccc56)nc(-c5ccccc5)n4)c3)ccc21. The molecule has 0 bridgehead atoms. The average Bonchev–Trinajstić information content (AvgIpc) is 3.34. The molecule has 2 aromatic heterocycles. The summed E-state index contributed by atoms with van der Waals surface area (Å²) in [5, 5.41) is 2.32. The molecule has 8 aromatic rings. The Kier molecular flexibility index (Phi) is 6.65. The van der Waals surface area contributed by atoms with Crippen LogP contribution in [0.1, 0.15) is 0 Å². The van der Waals surface area contributed by atoms with Crippen molar-refractivity contribution in [1.29, 1.82) is 0 Å². The number of hydrogen-bond acceptors (Lipinski definition) is 3. The van der Waals surface area contributed by atoms with Gasteiger partial charge in [0.05, 0.1) is 22.4 Å². The van der Waals surface area contributed by atoms with E-state index in [1.807, 2.05) is 37.4 Å². The summed E-state index contributed by atoms with van der Waals surface area (Å²) in [6.45, 7) is 0. The zero-order valence-corrected chi connectivity index (χ0v) is 25.6. The van der Waals surface area contributed by atoms with E-state index in [4.69, 9.17) is 9.97 Å². The zero-order valence-electron chi connectivity index (χ0n) is 25.6. The van der Waals surface area contributed by atoms with Crippen molar-refractivity contribution in [3.63, 3.8) is 0 Å². The van der Waals surface area contributed by atoms with Gasteiger partial charge in [0.1, 0.15) is 0 Å². The second kappa shape index (κ2) is 11.1. The minimum absolute atomic E-state index is 0.0350. The molecule has 0 radical (unpaired) electrons. The topological polar surface area (TPSA) is 52.7 Å². The molecular formula is C41H30N4O. The number of rotatable bonds is 5. The highest BCUT2D eigenvalue weighted by Crippen LogP contribution is 2.37. The van der Waals surface area contributed by atoms with Crippen LogP contribution in [0.4, 0.5) is 0 Å². The molecular weight excluding hydrogens is 564 g/mol. The number of nitrogens with zero attached hydrogens (tertiary/aromatic N) is 4. The molecule has 5 nitrogen and oxygen atoms in total. The second-order valence-electron chi connectivity index (χ2n) is 11.6. The monoisotopic (exact) mass is 594 g/mol. The Balaban J connectivity index is 1.30. The number of aryl methyl sites for hydroxylation is 2. The van der Waals surface area contributed by atoms with Crippen molar-refractivity contribution >= 4 is 21.8 Å². The maximum atomic E-state index is 12.6. The van der Waals surface area contributed by atoms with Gasteiger partial charge in [-0.1, -0.05) is 121 Å². The van der Waals surface area contributed by atoms with E-state index in [9.17, 15) is 4.79 Å². The highest BCUT2D eigenvalue weighted by atomic mass is 16.1. The Morgan fingerprint density at radius 3 is 1.76 bits per heavy atom. The Labute approximate surface area is 266 Å². The van der Waals surface area contributed by atoms with Crippen molar-refractivity contribution < 1.29 is 0 Å². The van der Waals surface area contributed by atoms with E-state index < -0.39 is 0 Å². The van der Waals surface area contributed by atoms with Crippen LogP contribution in [0.2, 0.25) is 0 Å². The molecule has 0 fully saturated rings. The van der Waals surface area contributed by atoms with Crippen molar-refractivity contribution in [2.45, 2.75) is 0 Å². The first-order chi connectivity index (χ1) is 22.5. The summed E-state index contributed by atoms with van der Waals surface area (Å²) >= 11 is 0. The minimum Gasteiger partial charge on any atom is -0.295 e. The maximum Gasteiger partial charge on any atom is 0.328 e. The van der Waals surface area contributed by atoms with E-state index in [1.54, 1.807) is 16.2 Å². The summed E-state index contributed by atoms with van der Waals surface area (Å²) in [6.07, 6.45) is 0. The summed E-state index contributed by atoms with van der Waals surface area (Å²) in [7, 11) is 3.62. The van der Waals surface area contributed by atoms with Gasteiger partial charge in [-0.2, -0.15) is 0 Å². The molecule has 0 saturated carbocycles. The predicted molar refractivity (Wildman–Crippen MR) is 188 cm³/mol. The molecule has 0 spiro atoms. The third-order valence-corrected chi connectivity index (χ3v) is 8.81. The Hall–Kier alpha value is -6.07.